The Morgan fingerprint density at radius 3 is 2.76 bits per heavy atom. The topological polar surface area (TPSA) is 96.9 Å². The van der Waals surface area contributed by atoms with Crippen molar-refractivity contribution < 1.29 is 19.1 Å². The van der Waals surface area contributed by atoms with Crippen molar-refractivity contribution in [3.8, 4) is 0 Å². The van der Waals surface area contributed by atoms with Crippen LogP contribution in [0.25, 0.3) is 0 Å². The van der Waals surface area contributed by atoms with Crippen LogP contribution in [0.3, 0.4) is 0 Å². The Morgan fingerprint density at radius 2 is 2.24 bits per heavy atom. The molecule has 0 aromatic carbocycles. The Balaban J connectivity index is 2.49. The van der Waals surface area contributed by atoms with Crippen LogP contribution in [-0.4, -0.2) is 36.1 Å². The van der Waals surface area contributed by atoms with Crippen molar-refractivity contribution in [2.24, 2.45) is 5.10 Å². The Morgan fingerprint density at radius 1 is 1.53 bits per heavy atom. The monoisotopic (exact) mass is 241 g/mol. The van der Waals surface area contributed by atoms with Gasteiger partial charge in [0.1, 0.15) is 11.8 Å². The highest BCUT2D eigenvalue weighted by atomic mass is 16.5. The number of hydrazone groups is 1. The van der Waals surface area contributed by atoms with Crippen LogP contribution in [0.5, 0.6) is 0 Å². The molecule has 0 aromatic rings. The minimum atomic E-state index is -0.734. The predicted molar refractivity (Wildman–Crippen MR) is 59.0 cm³/mol. The predicted octanol–water partition coefficient (Wildman–Crippen LogP) is -0.680. The number of carbonyl (C=O) groups is 3. The van der Waals surface area contributed by atoms with Gasteiger partial charge in [0.25, 0.3) is 5.91 Å². The van der Waals surface area contributed by atoms with Crippen LogP contribution in [0.1, 0.15) is 26.7 Å². The zero-order chi connectivity index (χ0) is 12.8. The second-order valence-corrected chi connectivity index (χ2v) is 3.54. The molecule has 7 nitrogen and oxygen atoms in total. The maximum Gasteiger partial charge on any atom is 0.328 e. The lowest BCUT2D eigenvalue weighted by Crippen LogP contribution is -2.44. The maximum atomic E-state index is 11.6. The van der Waals surface area contributed by atoms with Crippen molar-refractivity contribution >= 4 is 23.5 Å². The van der Waals surface area contributed by atoms with Crippen LogP contribution in [0.2, 0.25) is 0 Å². The molecule has 0 aromatic heterocycles. The Labute approximate surface area is 98.6 Å². The molecular weight excluding hydrogens is 226 g/mol. The molecule has 1 aliphatic rings. The van der Waals surface area contributed by atoms with Gasteiger partial charge in [-0.2, -0.15) is 5.10 Å². The number of esters is 1. The average molecular weight is 241 g/mol. The summed E-state index contributed by atoms with van der Waals surface area (Å²) in [5, 5.41) is 6.08. The summed E-state index contributed by atoms with van der Waals surface area (Å²) in [5.74, 6) is -1.19. The molecule has 2 amide bonds. The number of amides is 2. The molecule has 1 heterocycles. The standard InChI is InChI=1S/C10H15N3O4/c1-3-17-10(16)6(2)11-9(15)7-4-5-8(14)13-12-7/h6H,3-5H2,1-2H3,(H,11,15)(H,13,14). The van der Waals surface area contributed by atoms with E-state index in [1.807, 2.05) is 0 Å². The zero-order valence-electron chi connectivity index (χ0n) is 9.78. The zero-order valence-corrected chi connectivity index (χ0v) is 9.78. The summed E-state index contributed by atoms with van der Waals surface area (Å²) in [6, 6.07) is -0.734. The molecule has 7 heteroatoms. The highest BCUT2D eigenvalue weighted by molar-refractivity contribution is 6.39. The van der Waals surface area contributed by atoms with E-state index < -0.39 is 17.9 Å². The normalized spacial score (nSPS) is 16.6. The van der Waals surface area contributed by atoms with Crippen molar-refractivity contribution in [2.75, 3.05) is 6.61 Å². The van der Waals surface area contributed by atoms with Crippen LogP contribution in [-0.2, 0) is 19.1 Å². The summed E-state index contributed by atoms with van der Waals surface area (Å²) in [5.41, 5.74) is 2.42. The highest BCUT2D eigenvalue weighted by Crippen LogP contribution is 2.00. The van der Waals surface area contributed by atoms with Crippen molar-refractivity contribution in [3.05, 3.63) is 0 Å². The SMILES string of the molecule is CCOC(=O)C(C)NC(=O)C1=NNC(=O)CC1. The van der Waals surface area contributed by atoms with Crippen molar-refractivity contribution in [1.82, 2.24) is 10.7 Å². The number of ether oxygens (including phenoxy) is 1. The molecule has 17 heavy (non-hydrogen) atoms. The summed E-state index contributed by atoms with van der Waals surface area (Å²) in [6.45, 7) is 3.47. The first-order valence-corrected chi connectivity index (χ1v) is 5.37. The van der Waals surface area contributed by atoms with Crippen molar-refractivity contribution in [3.63, 3.8) is 0 Å². The van der Waals surface area contributed by atoms with Crippen LogP contribution in [0.15, 0.2) is 5.10 Å². The van der Waals surface area contributed by atoms with E-state index in [1.165, 1.54) is 6.92 Å². The molecule has 1 rings (SSSR count). The second kappa shape index (κ2) is 5.97. The lowest BCUT2D eigenvalue weighted by Gasteiger charge is -2.15. The lowest BCUT2D eigenvalue weighted by molar-refractivity contribution is -0.146. The van der Waals surface area contributed by atoms with Gasteiger partial charge < -0.3 is 10.1 Å². The molecular formula is C10H15N3O4. The van der Waals surface area contributed by atoms with E-state index in [4.69, 9.17) is 4.74 Å². The lowest BCUT2D eigenvalue weighted by atomic mass is 10.1. The van der Waals surface area contributed by atoms with Crippen molar-refractivity contribution in [2.45, 2.75) is 32.7 Å². The van der Waals surface area contributed by atoms with Gasteiger partial charge in [0, 0.05) is 12.8 Å². The smallest absolute Gasteiger partial charge is 0.328 e. The minimum Gasteiger partial charge on any atom is -0.464 e. The quantitative estimate of drug-likeness (QED) is 0.637. The third-order valence-electron chi connectivity index (χ3n) is 2.15. The summed E-state index contributed by atoms with van der Waals surface area (Å²) < 4.78 is 4.75. The average Bonchev–Trinajstić information content (AvgIpc) is 2.30. The maximum absolute atomic E-state index is 11.6. The fourth-order valence-corrected chi connectivity index (χ4v) is 1.24. The van der Waals surface area contributed by atoms with Gasteiger partial charge in [-0.25, -0.2) is 10.2 Å². The molecule has 0 fully saturated rings. The first-order chi connectivity index (χ1) is 8.04. The van der Waals surface area contributed by atoms with Crippen LogP contribution >= 0.6 is 0 Å². The van der Waals surface area contributed by atoms with Gasteiger partial charge in [0.15, 0.2) is 0 Å². The van der Waals surface area contributed by atoms with E-state index in [0.717, 1.165) is 0 Å². The molecule has 1 aliphatic heterocycles. The van der Waals surface area contributed by atoms with E-state index in [-0.39, 0.29) is 31.1 Å². The molecule has 0 bridgehead atoms. The van der Waals surface area contributed by atoms with Crippen LogP contribution in [0.4, 0.5) is 0 Å². The van der Waals surface area contributed by atoms with Gasteiger partial charge in [-0.1, -0.05) is 0 Å². The van der Waals surface area contributed by atoms with Gasteiger partial charge in [0.2, 0.25) is 5.91 Å². The Kier molecular flexibility index (Phi) is 4.62. The molecule has 0 aliphatic carbocycles. The molecule has 94 valence electrons. The summed E-state index contributed by atoms with van der Waals surface area (Å²) in [6.07, 6.45) is 0.493. The van der Waals surface area contributed by atoms with E-state index in [2.05, 4.69) is 15.8 Å². The molecule has 1 unspecified atom stereocenters. The van der Waals surface area contributed by atoms with Crippen LogP contribution in [0, 0.1) is 0 Å². The molecule has 0 saturated heterocycles. The van der Waals surface area contributed by atoms with Crippen LogP contribution < -0.4 is 10.7 Å². The van der Waals surface area contributed by atoms with E-state index in [1.54, 1.807) is 6.92 Å². The van der Waals surface area contributed by atoms with Gasteiger partial charge in [-0.15, -0.1) is 0 Å². The van der Waals surface area contributed by atoms with Gasteiger partial charge in [-0.05, 0) is 13.8 Å². The molecule has 0 radical (unpaired) electrons. The largest absolute Gasteiger partial charge is 0.464 e. The molecule has 0 saturated carbocycles. The fraction of sp³-hybridized carbons (Fsp3) is 0.600. The summed E-state index contributed by atoms with van der Waals surface area (Å²) in [7, 11) is 0. The minimum absolute atomic E-state index is 0.209. The molecule has 2 N–H and O–H groups in total. The van der Waals surface area contributed by atoms with Gasteiger partial charge in [-0.3, -0.25) is 9.59 Å². The summed E-state index contributed by atoms with van der Waals surface area (Å²) in [4.78, 5) is 33.7. The number of rotatable bonds is 4. The Bertz CT molecular complexity index is 365. The van der Waals surface area contributed by atoms with E-state index in [9.17, 15) is 14.4 Å². The van der Waals surface area contributed by atoms with Gasteiger partial charge >= 0.3 is 5.97 Å². The van der Waals surface area contributed by atoms with Crippen molar-refractivity contribution in [1.29, 1.82) is 0 Å². The second-order valence-electron chi connectivity index (χ2n) is 3.54. The van der Waals surface area contributed by atoms with Gasteiger partial charge in [0.05, 0.1) is 6.61 Å². The number of carbonyl (C=O) groups excluding carboxylic acids is 3. The summed E-state index contributed by atoms with van der Waals surface area (Å²) >= 11 is 0. The number of nitrogens with one attached hydrogen (secondary N) is 2. The molecule has 0 spiro atoms. The van der Waals surface area contributed by atoms with E-state index in [0.29, 0.717) is 0 Å². The fourth-order valence-electron chi connectivity index (χ4n) is 1.24. The first-order valence-electron chi connectivity index (χ1n) is 5.37. The Hall–Kier alpha value is -1.92. The third kappa shape index (κ3) is 3.86. The third-order valence-corrected chi connectivity index (χ3v) is 2.15. The molecule has 1 atom stereocenters. The van der Waals surface area contributed by atoms with E-state index >= 15 is 0 Å². The highest BCUT2D eigenvalue weighted by Gasteiger charge is 2.22. The first kappa shape index (κ1) is 13.1. The number of nitrogens with zero attached hydrogens (tertiary/aromatic N) is 1. The number of hydrogen-bond acceptors (Lipinski definition) is 5. The number of hydrogen-bond donors (Lipinski definition) is 2.